The lowest BCUT2D eigenvalue weighted by molar-refractivity contribution is -0.145. The minimum absolute atomic E-state index is 0.139. The van der Waals surface area contributed by atoms with Crippen LogP contribution in [-0.2, 0) is 4.79 Å². The topological polar surface area (TPSA) is 98.0 Å². The second kappa shape index (κ2) is 7.46. The van der Waals surface area contributed by atoms with Crippen LogP contribution >= 0.6 is 0 Å². The minimum Gasteiger partial charge on any atom is -0.479 e. The Bertz CT molecular complexity index is 99.1. The first-order valence-electron chi connectivity index (χ1n) is 3.11. The van der Waals surface area contributed by atoms with Gasteiger partial charge in [-0.3, -0.25) is 0 Å². The Kier molecular flexibility index (Phi) is 8.80. The average molecular weight is 166 g/mol. The van der Waals surface area contributed by atoms with Crippen LogP contribution < -0.4 is 0 Å². The van der Waals surface area contributed by atoms with Crippen molar-refractivity contribution in [3.05, 3.63) is 0 Å². The van der Waals surface area contributed by atoms with E-state index in [1.165, 1.54) is 13.8 Å². The van der Waals surface area contributed by atoms with Crippen molar-refractivity contribution in [2.24, 2.45) is 0 Å². The molecule has 0 fully saturated rings. The SMILES string of the molecule is CC(O)C(=O)O.CC(O)CO. The van der Waals surface area contributed by atoms with Gasteiger partial charge in [-0.25, -0.2) is 4.79 Å². The molecule has 11 heavy (non-hydrogen) atoms. The molecule has 0 bridgehead atoms. The molecule has 68 valence electrons. The lowest BCUT2D eigenvalue weighted by Gasteiger charge is -1.90. The highest BCUT2D eigenvalue weighted by molar-refractivity contribution is 5.71. The van der Waals surface area contributed by atoms with Gasteiger partial charge in [-0.2, -0.15) is 0 Å². The molecule has 0 aliphatic rings. The molecular weight excluding hydrogens is 152 g/mol. The van der Waals surface area contributed by atoms with Gasteiger partial charge in [0.15, 0.2) is 0 Å². The van der Waals surface area contributed by atoms with Gasteiger partial charge < -0.3 is 20.4 Å². The molecular formula is C6H14O5. The Labute approximate surface area is 64.9 Å². The quantitative estimate of drug-likeness (QED) is 0.413. The van der Waals surface area contributed by atoms with Crippen LogP contribution in [0.1, 0.15) is 13.8 Å². The first-order valence-corrected chi connectivity index (χ1v) is 3.11. The van der Waals surface area contributed by atoms with Crippen LogP contribution in [0.25, 0.3) is 0 Å². The van der Waals surface area contributed by atoms with E-state index in [0.717, 1.165) is 0 Å². The van der Waals surface area contributed by atoms with Crippen LogP contribution in [0, 0.1) is 0 Å². The van der Waals surface area contributed by atoms with Gasteiger partial charge in [0.1, 0.15) is 6.10 Å². The van der Waals surface area contributed by atoms with Crippen molar-refractivity contribution in [2.75, 3.05) is 6.61 Å². The van der Waals surface area contributed by atoms with Crippen molar-refractivity contribution in [1.82, 2.24) is 0 Å². The zero-order valence-corrected chi connectivity index (χ0v) is 6.56. The maximum absolute atomic E-state index is 9.45. The zero-order chi connectivity index (χ0) is 9.44. The zero-order valence-electron chi connectivity index (χ0n) is 6.56. The third-order valence-corrected chi connectivity index (χ3v) is 0.622. The van der Waals surface area contributed by atoms with Gasteiger partial charge in [0.25, 0.3) is 0 Å². The van der Waals surface area contributed by atoms with Crippen LogP contribution in [0.15, 0.2) is 0 Å². The summed E-state index contributed by atoms with van der Waals surface area (Å²) in [6, 6.07) is 0. The van der Waals surface area contributed by atoms with Crippen molar-refractivity contribution in [3.63, 3.8) is 0 Å². The number of aliphatic carboxylic acids is 1. The summed E-state index contributed by atoms with van der Waals surface area (Å²) >= 11 is 0. The van der Waals surface area contributed by atoms with Crippen molar-refractivity contribution < 1.29 is 25.2 Å². The molecule has 4 N–H and O–H groups in total. The third kappa shape index (κ3) is 17.6. The number of carboxylic acids is 1. The van der Waals surface area contributed by atoms with Gasteiger partial charge in [0.2, 0.25) is 0 Å². The molecule has 0 spiro atoms. The van der Waals surface area contributed by atoms with E-state index in [1.807, 2.05) is 0 Å². The second-order valence-corrected chi connectivity index (χ2v) is 2.05. The molecule has 0 saturated carbocycles. The molecule has 5 nitrogen and oxygen atoms in total. The summed E-state index contributed by atoms with van der Waals surface area (Å²) < 4.78 is 0. The van der Waals surface area contributed by atoms with E-state index in [1.54, 1.807) is 0 Å². The maximum Gasteiger partial charge on any atom is 0.332 e. The van der Waals surface area contributed by atoms with Gasteiger partial charge in [-0.1, -0.05) is 0 Å². The summed E-state index contributed by atoms with van der Waals surface area (Å²) in [6.07, 6.45) is -1.79. The number of hydrogen-bond acceptors (Lipinski definition) is 4. The fourth-order valence-corrected chi connectivity index (χ4v) is 0. The van der Waals surface area contributed by atoms with Crippen molar-refractivity contribution >= 4 is 5.97 Å². The van der Waals surface area contributed by atoms with Gasteiger partial charge >= 0.3 is 5.97 Å². The summed E-state index contributed by atoms with van der Waals surface area (Å²) in [4.78, 5) is 9.45. The van der Waals surface area contributed by atoms with Crippen LogP contribution in [0.4, 0.5) is 0 Å². The molecule has 0 aromatic rings. The maximum atomic E-state index is 9.45. The molecule has 2 atom stereocenters. The summed E-state index contributed by atoms with van der Waals surface area (Å²) in [5.74, 6) is -1.19. The van der Waals surface area contributed by atoms with E-state index in [9.17, 15) is 4.79 Å². The normalized spacial score (nSPS) is 14.3. The van der Waals surface area contributed by atoms with Crippen LogP contribution in [0.3, 0.4) is 0 Å². The fraction of sp³-hybridized carbons (Fsp3) is 0.833. The molecule has 0 aliphatic heterocycles. The van der Waals surface area contributed by atoms with E-state index < -0.39 is 18.2 Å². The molecule has 0 heterocycles. The van der Waals surface area contributed by atoms with Crippen LogP contribution in [0.5, 0.6) is 0 Å². The minimum atomic E-state index is -1.23. The lowest BCUT2D eigenvalue weighted by atomic mass is 10.4. The monoisotopic (exact) mass is 166 g/mol. The van der Waals surface area contributed by atoms with Gasteiger partial charge in [0, 0.05) is 0 Å². The third-order valence-electron chi connectivity index (χ3n) is 0.622. The number of carboxylic acid groups (broad SMARTS) is 1. The Morgan fingerprint density at radius 1 is 1.36 bits per heavy atom. The Balaban J connectivity index is 0. The highest BCUT2D eigenvalue weighted by Crippen LogP contribution is 1.73. The number of aliphatic hydroxyl groups excluding tert-OH is 3. The Morgan fingerprint density at radius 2 is 1.55 bits per heavy atom. The van der Waals surface area contributed by atoms with Gasteiger partial charge in [-0.15, -0.1) is 0 Å². The molecule has 0 saturated heterocycles. The standard InChI is InChI=1S/C3H6O3.C3H8O2/c1-2(4)3(5)6;1-3(5)2-4/h2,4H,1H3,(H,5,6);3-5H,2H2,1H3. The van der Waals surface area contributed by atoms with E-state index in [0.29, 0.717) is 0 Å². The molecule has 0 amide bonds. The van der Waals surface area contributed by atoms with E-state index in [4.69, 9.17) is 20.4 Å². The number of hydrogen-bond donors (Lipinski definition) is 4. The van der Waals surface area contributed by atoms with Crippen LogP contribution in [0.2, 0.25) is 0 Å². The number of carbonyl (C=O) groups is 1. The van der Waals surface area contributed by atoms with Crippen molar-refractivity contribution in [2.45, 2.75) is 26.1 Å². The molecule has 0 aliphatic carbocycles. The second-order valence-electron chi connectivity index (χ2n) is 2.05. The number of rotatable bonds is 2. The highest BCUT2D eigenvalue weighted by Gasteiger charge is 2.01. The first kappa shape index (κ1) is 13.0. The van der Waals surface area contributed by atoms with Gasteiger partial charge in [-0.05, 0) is 13.8 Å². The highest BCUT2D eigenvalue weighted by atomic mass is 16.4. The molecule has 5 heteroatoms. The van der Waals surface area contributed by atoms with Crippen molar-refractivity contribution in [3.8, 4) is 0 Å². The van der Waals surface area contributed by atoms with E-state index in [2.05, 4.69) is 0 Å². The average Bonchev–Trinajstić information content (AvgIpc) is 1.89. The smallest absolute Gasteiger partial charge is 0.332 e. The first-order chi connectivity index (χ1) is 4.91. The summed E-state index contributed by atoms with van der Waals surface area (Å²) in [6.45, 7) is 2.59. The predicted molar refractivity (Wildman–Crippen MR) is 38.1 cm³/mol. The Morgan fingerprint density at radius 3 is 1.55 bits per heavy atom. The largest absolute Gasteiger partial charge is 0.479 e. The molecule has 0 aromatic heterocycles. The van der Waals surface area contributed by atoms with E-state index >= 15 is 0 Å². The van der Waals surface area contributed by atoms with Crippen LogP contribution in [-0.4, -0.2) is 45.2 Å². The Hall–Kier alpha value is -0.650. The number of aliphatic hydroxyl groups is 3. The summed E-state index contributed by atoms with van der Waals surface area (Å²) in [7, 11) is 0. The van der Waals surface area contributed by atoms with Gasteiger partial charge in [0.05, 0.1) is 12.7 Å². The summed E-state index contributed by atoms with van der Waals surface area (Å²) in [5, 5.41) is 31.8. The summed E-state index contributed by atoms with van der Waals surface area (Å²) in [5.41, 5.74) is 0. The molecule has 0 radical (unpaired) electrons. The van der Waals surface area contributed by atoms with E-state index in [-0.39, 0.29) is 6.61 Å². The van der Waals surface area contributed by atoms with Crippen molar-refractivity contribution in [1.29, 1.82) is 0 Å². The fourth-order valence-electron chi connectivity index (χ4n) is 0. The molecule has 2 unspecified atom stereocenters. The molecule has 0 rings (SSSR count). The molecule has 0 aromatic carbocycles. The lowest BCUT2D eigenvalue weighted by Crippen LogP contribution is -2.13. The predicted octanol–water partition coefficient (Wildman–Crippen LogP) is -1.19.